The van der Waals surface area contributed by atoms with Crippen LogP contribution >= 0.6 is 12.2 Å². The summed E-state index contributed by atoms with van der Waals surface area (Å²) in [4.78, 5) is 11.8. The Hall–Kier alpha value is -2.80. The highest BCUT2D eigenvalue weighted by molar-refractivity contribution is 7.80. The van der Waals surface area contributed by atoms with E-state index in [1.807, 2.05) is 48.5 Å². The fraction of sp³-hybridized carbons (Fsp3) is 0.263. The van der Waals surface area contributed by atoms with Crippen LogP contribution in [0.1, 0.15) is 18.9 Å². The zero-order chi connectivity index (χ0) is 18.8. The number of rotatable bonds is 7. The van der Waals surface area contributed by atoms with Gasteiger partial charge in [0.1, 0.15) is 11.5 Å². The number of carbonyl (C=O) groups is 1. The van der Waals surface area contributed by atoms with Gasteiger partial charge in [-0.25, -0.2) is 0 Å². The fourth-order valence-corrected chi connectivity index (χ4v) is 2.36. The van der Waals surface area contributed by atoms with E-state index in [1.54, 1.807) is 7.11 Å². The molecule has 3 N–H and O–H groups in total. The van der Waals surface area contributed by atoms with Crippen LogP contribution in [0.25, 0.3) is 0 Å². The Labute approximate surface area is 158 Å². The molecular weight excluding hydrogens is 350 g/mol. The van der Waals surface area contributed by atoms with E-state index in [0.29, 0.717) is 5.75 Å². The average Bonchev–Trinajstić information content (AvgIpc) is 2.66. The number of anilines is 1. The number of nitrogens with one attached hydrogen (secondary N) is 3. The maximum absolute atomic E-state index is 11.8. The van der Waals surface area contributed by atoms with Gasteiger partial charge in [0.2, 0.25) is 0 Å². The number of hydrogen-bond acceptors (Lipinski definition) is 4. The van der Waals surface area contributed by atoms with Crippen LogP contribution in [0.4, 0.5) is 5.69 Å². The second kappa shape index (κ2) is 10.2. The molecule has 2 aromatic carbocycles. The van der Waals surface area contributed by atoms with E-state index in [9.17, 15) is 4.79 Å². The third-order valence-corrected chi connectivity index (χ3v) is 3.70. The number of hydrogen-bond donors (Lipinski definition) is 3. The molecule has 0 aliphatic carbocycles. The van der Waals surface area contributed by atoms with Crippen molar-refractivity contribution in [3.05, 3.63) is 54.1 Å². The summed E-state index contributed by atoms with van der Waals surface area (Å²) in [5.74, 6) is 1.07. The van der Waals surface area contributed by atoms with Crippen LogP contribution in [0, 0.1) is 0 Å². The van der Waals surface area contributed by atoms with Crippen LogP contribution in [-0.2, 0) is 11.2 Å². The van der Waals surface area contributed by atoms with E-state index in [4.69, 9.17) is 21.7 Å². The van der Waals surface area contributed by atoms with Gasteiger partial charge in [0.15, 0.2) is 11.7 Å². The molecule has 0 radical (unpaired) electrons. The first-order valence-corrected chi connectivity index (χ1v) is 8.73. The molecule has 0 bridgehead atoms. The van der Waals surface area contributed by atoms with Gasteiger partial charge >= 0.3 is 0 Å². The predicted octanol–water partition coefficient (Wildman–Crippen LogP) is 3.04. The molecule has 0 saturated heterocycles. The molecular formula is C19H23N3O3S. The van der Waals surface area contributed by atoms with Crippen LogP contribution in [0.5, 0.6) is 11.5 Å². The predicted molar refractivity (Wildman–Crippen MR) is 106 cm³/mol. The lowest BCUT2D eigenvalue weighted by Crippen LogP contribution is -2.45. The monoisotopic (exact) mass is 373 g/mol. The van der Waals surface area contributed by atoms with E-state index in [0.717, 1.165) is 24.3 Å². The van der Waals surface area contributed by atoms with Gasteiger partial charge in [0.25, 0.3) is 5.91 Å². The molecule has 0 unspecified atom stereocenters. The Kier molecular flexibility index (Phi) is 7.70. The van der Waals surface area contributed by atoms with E-state index >= 15 is 0 Å². The van der Waals surface area contributed by atoms with Crippen LogP contribution in [-0.4, -0.2) is 24.7 Å². The third kappa shape index (κ3) is 6.60. The molecule has 0 aromatic heterocycles. The molecule has 0 aliphatic rings. The van der Waals surface area contributed by atoms with Crippen molar-refractivity contribution in [1.82, 2.24) is 10.9 Å². The summed E-state index contributed by atoms with van der Waals surface area (Å²) in [6.07, 6.45) is 2.13. The van der Waals surface area contributed by atoms with Crippen molar-refractivity contribution in [3.63, 3.8) is 0 Å². The van der Waals surface area contributed by atoms with Gasteiger partial charge in [-0.1, -0.05) is 25.5 Å². The normalized spacial score (nSPS) is 9.92. The fourth-order valence-electron chi connectivity index (χ4n) is 2.19. The molecule has 0 saturated carbocycles. The minimum absolute atomic E-state index is 0.106. The van der Waals surface area contributed by atoms with Crippen molar-refractivity contribution in [1.29, 1.82) is 0 Å². The molecule has 2 aromatic rings. The van der Waals surface area contributed by atoms with Crippen molar-refractivity contribution in [2.75, 3.05) is 19.0 Å². The minimum atomic E-state index is -0.332. The summed E-state index contributed by atoms with van der Waals surface area (Å²) in [6, 6.07) is 15.0. The molecule has 0 fully saturated rings. The molecule has 0 atom stereocenters. The topological polar surface area (TPSA) is 71.6 Å². The lowest BCUT2D eigenvalue weighted by molar-refractivity contribution is -0.123. The Bertz CT molecular complexity index is 718. The lowest BCUT2D eigenvalue weighted by Gasteiger charge is -2.12. The summed E-state index contributed by atoms with van der Waals surface area (Å²) in [5, 5.41) is 3.22. The van der Waals surface area contributed by atoms with Crippen LogP contribution < -0.4 is 25.6 Å². The number of hydrazine groups is 1. The van der Waals surface area contributed by atoms with Crippen LogP contribution in [0.3, 0.4) is 0 Å². The first-order chi connectivity index (χ1) is 12.6. The Morgan fingerprint density at radius 1 is 1.00 bits per heavy atom. The van der Waals surface area contributed by atoms with E-state index in [2.05, 4.69) is 23.1 Å². The summed E-state index contributed by atoms with van der Waals surface area (Å²) in [7, 11) is 1.60. The Balaban J connectivity index is 1.69. The summed E-state index contributed by atoms with van der Waals surface area (Å²) in [5.41, 5.74) is 7.15. The molecule has 6 nitrogen and oxygen atoms in total. The highest BCUT2D eigenvalue weighted by atomic mass is 32.1. The Morgan fingerprint density at radius 2 is 1.65 bits per heavy atom. The largest absolute Gasteiger partial charge is 0.497 e. The number of carbonyl (C=O) groups excluding carboxylic acids is 1. The molecule has 0 aliphatic heterocycles. The molecule has 1 amide bonds. The summed E-state index contributed by atoms with van der Waals surface area (Å²) >= 11 is 5.12. The number of ether oxygens (including phenoxy) is 2. The third-order valence-electron chi connectivity index (χ3n) is 3.50. The van der Waals surface area contributed by atoms with Gasteiger partial charge in [-0.15, -0.1) is 0 Å². The molecule has 138 valence electrons. The highest BCUT2D eigenvalue weighted by Gasteiger charge is 2.04. The summed E-state index contributed by atoms with van der Waals surface area (Å²) < 4.78 is 10.5. The standard InChI is InChI=1S/C19H23N3O3S/c1-3-4-14-5-9-17(10-6-14)25-13-18(23)21-22-19(26)20-15-7-11-16(24-2)12-8-15/h5-12H,3-4,13H2,1-2H3,(H,21,23)(H2,20,22,26). The maximum Gasteiger partial charge on any atom is 0.276 e. The lowest BCUT2D eigenvalue weighted by atomic mass is 10.1. The number of aryl methyl sites for hydroxylation is 1. The SMILES string of the molecule is CCCc1ccc(OCC(=O)NNC(=S)Nc2ccc(OC)cc2)cc1. The quantitative estimate of drug-likeness (QED) is 0.512. The van der Waals surface area contributed by atoms with Crippen molar-refractivity contribution in [3.8, 4) is 11.5 Å². The second-order valence-corrected chi connectivity index (χ2v) is 5.95. The zero-order valence-electron chi connectivity index (χ0n) is 14.9. The Morgan fingerprint density at radius 3 is 2.27 bits per heavy atom. The molecule has 26 heavy (non-hydrogen) atoms. The first-order valence-electron chi connectivity index (χ1n) is 8.32. The zero-order valence-corrected chi connectivity index (χ0v) is 15.7. The maximum atomic E-state index is 11.8. The molecule has 0 heterocycles. The van der Waals surface area contributed by atoms with Crippen LogP contribution in [0.2, 0.25) is 0 Å². The molecule has 7 heteroatoms. The van der Waals surface area contributed by atoms with Crippen molar-refractivity contribution >= 4 is 28.9 Å². The smallest absolute Gasteiger partial charge is 0.276 e. The van der Waals surface area contributed by atoms with E-state index in [1.165, 1.54) is 5.56 Å². The van der Waals surface area contributed by atoms with Gasteiger partial charge < -0.3 is 14.8 Å². The average molecular weight is 373 g/mol. The van der Waals surface area contributed by atoms with E-state index < -0.39 is 0 Å². The van der Waals surface area contributed by atoms with Gasteiger partial charge in [-0.3, -0.25) is 15.6 Å². The summed E-state index contributed by atoms with van der Waals surface area (Å²) in [6.45, 7) is 2.03. The van der Waals surface area contributed by atoms with Crippen molar-refractivity contribution in [2.45, 2.75) is 19.8 Å². The molecule has 0 spiro atoms. The van der Waals surface area contributed by atoms with Gasteiger partial charge in [-0.05, 0) is 60.6 Å². The first kappa shape index (κ1) is 19.5. The minimum Gasteiger partial charge on any atom is -0.497 e. The van der Waals surface area contributed by atoms with Gasteiger partial charge in [-0.2, -0.15) is 0 Å². The number of methoxy groups -OCH3 is 1. The van der Waals surface area contributed by atoms with Gasteiger partial charge in [0, 0.05) is 5.69 Å². The van der Waals surface area contributed by atoms with Crippen LogP contribution in [0.15, 0.2) is 48.5 Å². The van der Waals surface area contributed by atoms with E-state index in [-0.39, 0.29) is 17.6 Å². The van der Waals surface area contributed by atoms with Crippen molar-refractivity contribution < 1.29 is 14.3 Å². The second-order valence-electron chi connectivity index (χ2n) is 5.54. The highest BCUT2D eigenvalue weighted by Crippen LogP contribution is 2.15. The number of benzene rings is 2. The number of thiocarbonyl (C=S) groups is 1. The van der Waals surface area contributed by atoms with Crippen molar-refractivity contribution in [2.24, 2.45) is 0 Å². The van der Waals surface area contributed by atoms with Gasteiger partial charge in [0.05, 0.1) is 7.11 Å². The number of amides is 1. The molecule has 2 rings (SSSR count).